The molecule has 2 heterocycles. The van der Waals surface area contributed by atoms with Crippen LogP contribution in [0, 0.1) is 6.92 Å². The van der Waals surface area contributed by atoms with Crippen molar-refractivity contribution in [2.24, 2.45) is 0 Å². The molecule has 6 nitrogen and oxygen atoms in total. The van der Waals surface area contributed by atoms with Gasteiger partial charge in [0.05, 0.1) is 17.4 Å². The topological polar surface area (TPSA) is 75.9 Å². The summed E-state index contributed by atoms with van der Waals surface area (Å²) in [6.07, 6.45) is 3.26. The Balaban J connectivity index is 1.74. The molecule has 2 aromatic heterocycles. The van der Waals surface area contributed by atoms with Gasteiger partial charge in [-0.3, -0.25) is 4.79 Å². The average molecular weight is 339 g/mol. The molecule has 2 N–H and O–H groups in total. The number of aromatic nitrogens is 2. The third-order valence-corrected chi connectivity index (χ3v) is 3.79. The number of hydrogen-bond acceptors (Lipinski definition) is 4. The van der Waals surface area contributed by atoms with Gasteiger partial charge in [0.25, 0.3) is 5.91 Å². The van der Waals surface area contributed by atoms with Gasteiger partial charge in [-0.15, -0.1) is 0 Å². The van der Waals surface area contributed by atoms with E-state index in [1.54, 1.807) is 25.1 Å². The number of pyridine rings is 1. The summed E-state index contributed by atoms with van der Waals surface area (Å²) in [6, 6.07) is 11.0. The molecule has 0 aliphatic carbocycles. The second-order valence-corrected chi connectivity index (χ2v) is 6.00. The zero-order chi connectivity index (χ0) is 17.8. The lowest BCUT2D eigenvalue weighted by Crippen LogP contribution is -2.30. The van der Waals surface area contributed by atoms with Crippen LogP contribution in [0.4, 0.5) is 0 Å². The standard InChI is InChI=1S/C19H21N3O3/c1-13-6-5-9-22-11-15(21-18(13)22)12-25-17-8-4-3-7-16(17)19(24)20-10-14(2)23/h3-9,11,14,23H,10,12H2,1-2H3,(H,20,24). The second kappa shape index (κ2) is 7.36. The zero-order valence-electron chi connectivity index (χ0n) is 14.3. The molecule has 0 aliphatic rings. The Hall–Kier alpha value is -2.86. The molecule has 6 heteroatoms. The van der Waals surface area contributed by atoms with Crippen LogP contribution in [-0.2, 0) is 6.61 Å². The second-order valence-electron chi connectivity index (χ2n) is 6.00. The molecule has 0 bridgehead atoms. The van der Waals surface area contributed by atoms with E-state index in [4.69, 9.17) is 4.74 Å². The van der Waals surface area contributed by atoms with Crippen LogP contribution in [0.5, 0.6) is 5.75 Å². The van der Waals surface area contributed by atoms with Crippen molar-refractivity contribution in [1.29, 1.82) is 0 Å². The Labute approximate surface area is 146 Å². The van der Waals surface area contributed by atoms with E-state index in [0.717, 1.165) is 16.9 Å². The third kappa shape index (κ3) is 3.97. The monoisotopic (exact) mass is 339 g/mol. The molecule has 0 fully saturated rings. The molecule has 0 saturated heterocycles. The molecule has 1 atom stereocenters. The number of fused-ring (bicyclic) bond motifs is 1. The maximum atomic E-state index is 12.2. The molecule has 1 unspecified atom stereocenters. The first-order chi connectivity index (χ1) is 12.0. The van der Waals surface area contributed by atoms with Gasteiger partial charge in [-0.1, -0.05) is 18.2 Å². The Morgan fingerprint density at radius 2 is 2.12 bits per heavy atom. The van der Waals surface area contributed by atoms with E-state index in [2.05, 4.69) is 10.3 Å². The molecule has 0 spiro atoms. The predicted octanol–water partition coefficient (Wildman–Crippen LogP) is 2.33. The number of imidazole rings is 1. The van der Waals surface area contributed by atoms with Gasteiger partial charge in [0.15, 0.2) is 0 Å². The molecular formula is C19H21N3O3. The van der Waals surface area contributed by atoms with Crippen molar-refractivity contribution in [3.05, 3.63) is 65.6 Å². The highest BCUT2D eigenvalue weighted by Crippen LogP contribution is 2.20. The van der Waals surface area contributed by atoms with Crippen LogP contribution < -0.4 is 10.1 Å². The molecule has 1 amide bonds. The predicted molar refractivity (Wildman–Crippen MR) is 94.7 cm³/mol. The minimum absolute atomic E-state index is 0.193. The number of amides is 1. The Bertz CT molecular complexity index is 887. The first kappa shape index (κ1) is 17.0. The SMILES string of the molecule is Cc1cccn2cc(COc3ccccc3C(=O)NCC(C)O)nc12. The molecule has 0 aliphatic heterocycles. The van der Waals surface area contributed by atoms with Gasteiger partial charge in [0.1, 0.15) is 18.0 Å². The number of nitrogens with one attached hydrogen (secondary N) is 1. The van der Waals surface area contributed by atoms with Crippen molar-refractivity contribution in [3.8, 4) is 5.75 Å². The van der Waals surface area contributed by atoms with Crippen LogP contribution in [0.15, 0.2) is 48.8 Å². The average Bonchev–Trinajstić information content (AvgIpc) is 3.02. The molecular weight excluding hydrogens is 318 g/mol. The van der Waals surface area contributed by atoms with Gasteiger partial charge >= 0.3 is 0 Å². The van der Waals surface area contributed by atoms with Crippen molar-refractivity contribution < 1.29 is 14.6 Å². The zero-order valence-corrected chi connectivity index (χ0v) is 14.3. The summed E-state index contributed by atoms with van der Waals surface area (Å²) in [5.41, 5.74) is 3.20. The lowest BCUT2D eigenvalue weighted by Gasteiger charge is -2.11. The van der Waals surface area contributed by atoms with E-state index in [9.17, 15) is 9.90 Å². The molecule has 130 valence electrons. The highest BCUT2D eigenvalue weighted by Gasteiger charge is 2.13. The van der Waals surface area contributed by atoms with Crippen LogP contribution in [0.25, 0.3) is 5.65 Å². The lowest BCUT2D eigenvalue weighted by molar-refractivity contribution is 0.0919. The fraction of sp³-hybridized carbons (Fsp3) is 0.263. The van der Waals surface area contributed by atoms with E-state index in [1.165, 1.54) is 0 Å². The summed E-state index contributed by atoms with van der Waals surface area (Å²) in [4.78, 5) is 16.8. The minimum atomic E-state index is -0.599. The normalized spacial score (nSPS) is 12.1. The number of ether oxygens (including phenoxy) is 1. The number of aliphatic hydroxyl groups excluding tert-OH is 1. The van der Waals surface area contributed by atoms with Crippen LogP contribution in [-0.4, -0.2) is 33.0 Å². The van der Waals surface area contributed by atoms with Crippen LogP contribution in [0.1, 0.15) is 28.5 Å². The van der Waals surface area contributed by atoms with Crippen molar-refractivity contribution in [2.75, 3.05) is 6.54 Å². The van der Waals surface area contributed by atoms with Gasteiger partial charge in [0, 0.05) is 18.9 Å². The number of hydrogen-bond donors (Lipinski definition) is 2. The van der Waals surface area contributed by atoms with Crippen molar-refractivity contribution >= 4 is 11.6 Å². The number of para-hydroxylation sites is 1. The largest absolute Gasteiger partial charge is 0.486 e. The van der Waals surface area contributed by atoms with Crippen LogP contribution in [0.3, 0.4) is 0 Å². The van der Waals surface area contributed by atoms with Crippen molar-refractivity contribution in [3.63, 3.8) is 0 Å². The van der Waals surface area contributed by atoms with E-state index < -0.39 is 6.10 Å². The highest BCUT2D eigenvalue weighted by atomic mass is 16.5. The maximum Gasteiger partial charge on any atom is 0.255 e. The number of nitrogens with zero attached hydrogens (tertiary/aromatic N) is 2. The number of rotatable bonds is 6. The first-order valence-corrected chi connectivity index (χ1v) is 8.16. The quantitative estimate of drug-likeness (QED) is 0.723. The maximum absolute atomic E-state index is 12.2. The summed E-state index contributed by atoms with van der Waals surface area (Å²) < 4.78 is 7.78. The number of carbonyl (C=O) groups is 1. The summed E-state index contributed by atoms with van der Waals surface area (Å²) >= 11 is 0. The number of benzene rings is 1. The summed E-state index contributed by atoms with van der Waals surface area (Å²) in [6.45, 7) is 4.09. The third-order valence-electron chi connectivity index (χ3n) is 3.79. The van der Waals surface area contributed by atoms with E-state index >= 15 is 0 Å². The van der Waals surface area contributed by atoms with Crippen LogP contribution >= 0.6 is 0 Å². The molecule has 0 radical (unpaired) electrons. The molecule has 25 heavy (non-hydrogen) atoms. The van der Waals surface area contributed by atoms with Gasteiger partial charge in [-0.25, -0.2) is 4.98 Å². The van der Waals surface area contributed by atoms with Crippen LogP contribution in [0.2, 0.25) is 0 Å². The Morgan fingerprint density at radius 1 is 1.32 bits per heavy atom. The van der Waals surface area contributed by atoms with Gasteiger partial charge < -0.3 is 19.6 Å². The van der Waals surface area contributed by atoms with E-state index in [-0.39, 0.29) is 19.1 Å². The number of aliphatic hydroxyl groups is 1. The van der Waals surface area contributed by atoms with Gasteiger partial charge in [-0.2, -0.15) is 0 Å². The van der Waals surface area contributed by atoms with Gasteiger partial charge in [-0.05, 0) is 37.6 Å². The minimum Gasteiger partial charge on any atom is -0.486 e. The molecule has 1 aromatic carbocycles. The molecule has 0 saturated carbocycles. The summed E-state index contributed by atoms with van der Waals surface area (Å²) in [5.74, 6) is 0.210. The number of aryl methyl sites for hydroxylation is 1. The summed E-state index contributed by atoms with van der Waals surface area (Å²) in [5, 5.41) is 12.0. The van der Waals surface area contributed by atoms with Gasteiger partial charge in [0.2, 0.25) is 0 Å². The van der Waals surface area contributed by atoms with Crippen molar-refractivity contribution in [2.45, 2.75) is 26.6 Å². The highest BCUT2D eigenvalue weighted by molar-refractivity contribution is 5.96. The van der Waals surface area contributed by atoms with Crippen molar-refractivity contribution in [1.82, 2.24) is 14.7 Å². The van der Waals surface area contributed by atoms with E-state index in [0.29, 0.717) is 11.3 Å². The Morgan fingerprint density at radius 3 is 2.88 bits per heavy atom. The fourth-order valence-corrected chi connectivity index (χ4v) is 2.54. The molecule has 3 aromatic rings. The Kier molecular flexibility index (Phi) is 5.00. The fourth-order valence-electron chi connectivity index (χ4n) is 2.54. The lowest BCUT2D eigenvalue weighted by atomic mass is 10.2. The molecule has 3 rings (SSSR count). The summed E-state index contributed by atoms with van der Waals surface area (Å²) in [7, 11) is 0. The first-order valence-electron chi connectivity index (χ1n) is 8.16. The number of carbonyl (C=O) groups excluding carboxylic acids is 1. The smallest absolute Gasteiger partial charge is 0.255 e. The van der Waals surface area contributed by atoms with E-state index in [1.807, 2.05) is 41.9 Å².